The number of anilines is 1. The molecular weight excluding hydrogens is 439 g/mol. The molecule has 0 saturated carbocycles. The largest absolute Gasteiger partial charge is 0.481 e. The fourth-order valence-electron chi connectivity index (χ4n) is 2.83. The summed E-state index contributed by atoms with van der Waals surface area (Å²) >= 11 is 3.35. The average Bonchev–Trinajstić information content (AvgIpc) is 2.61. The van der Waals surface area contributed by atoms with Gasteiger partial charge in [-0.15, -0.1) is 0 Å². The van der Waals surface area contributed by atoms with Gasteiger partial charge in [0, 0.05) is 15.4 Å². The molecule has 2 N–H and O–H groups in total. The number of rotatable bonds is 6. The molecule has 1 atom stereocenters. The maximum atomic E-state index is 14.5. The highest BCUT2D eigenvalue weighted by Gasteiger charge is 2.20. The lowest BCUT2D eigenvalue weighted by atomic mass is 10.0. The van der Waals surface area contributed by atoms with Gasteiger partial charge in [0.1, 0.15) is 23.9 Å². The number of nitrogens with one attached hydrogen (secondary N) is 1. The molecule has 0 aliphatic heterocycles. The Balaban J connectivity index is 2.04. The standard InChI is InChI=1S/C19H15BrF3N3O2/c1-9(11-3-2-4-12(17(11)21)18(22)23)24-19-13-7-10(20)5-6-14(13)25-15(26-19)8-16(27)28/h2-7,9,18H,8H2,1H3,(H,27,28)(H,24,25,26). The van der Waals surface area contributed by atoms with Crippen LogP contribution in [0.5, 0.6) is 0 Å². The Labute approximate surface area is 166 Å². The number of nitrogens with zero attached hydrogens (tertiary/aromatic N) is 2. The molecule has 2 aromatic carbocycles. The van der Waals surface area contributed by atoms with Crippen molar-refractivity contribution in [1.29, 1.82) is 0 Å². The number of carboxylic acid groups (broad SMARTS) is 1. The number of hydrogen-bond acceptors (Lipinski definition) is 4. The van der Waals surface area contributed by atoms with Crippen molar-refractivity contribution < 1.29 is 23.1 Å². The van der Waals surface area contributed by atoms with Crippen molar-refractivity contribution in [1.82, 2.24) is 9.97 Å². The molecule has 0 bridgehead atoms. The van der Waals surface area contributed by atoms with Crippen molar-refractivity contribution in [3.05, 3.63) is 63.6 Å². The summed E-state index contributed by atoms with van der Waals surface area (Å²) in [6.45, 7) is 1.61. The van der Waals surface area contributed by atoms with Crippen LogP contribution in [0.25, 0.3) is 10.9 Å². The summed E-state index contributed by atoms with van der Waals surface area (Å²) in [6, 6.07) is 8.30. The number of hydrogen-bond donors (Lipinski definition) is 2. The van der Waals surface area contributed by atoms with Crippen molar-refractivity contribution in [3.8, 4) is 0 Å². The minimum atomic E-state index is -2.93. The van der Waals surface area contributed by atoms with Gasteiger partial charge in [-0.2, -0.15) is 0 Å². The number of alkyl halides is 2. The van der Waals surface area contributed by atoms with E-state index in [1.165, 1.54) is 12.1 Å². The van der Waals surface area contributed by atoms with Gasteiger partial charge in [-0.05, 0) is 25.1 Å². The second-order valence-corrected chi connectivity index (χ2v) is 7.05. The molecular formula is C19H15BrF3N3O2. The monoisotopic (exact) mass is 453 g/mol. The van der Waals surface area contributed by atoms with Crippen molar-refractivity contribution in [3.63, 3.8) is 0 Å². The molecule has 1 unspecified atom stereocenters. The highest BCUT2D eigenvalue weighted by Crippen LogP contribution is 2.31. The molecule has 0 spiro atoms. The maximum Gasteiger partial charge on any atom is 0.311 e. The van der Waals surface area contributed by atoms with Gasteiger partial charge in [-0.3, -0.25) is 4.79 Å². The molecule has 1 aromatic heterocycles. The molecule has 3 rings (SSSR count). The molecule has 0 saturated heterocycles. The van der Waals surface area contributed by atoms with E-state index in [4.69, 9.17) is 5.11 Å². The van der Waals surface area contributed by atoms with Crippen LogP contribution in [0.1, 0.15) is 36.3 Å². The van der Waals surface area contributed by atoms with Gasteiger partial charge in [0.25, 0.3) is 6.43 Å². The van der Waals surface area contributed by atoms with Gasteiger partial charge in [0.15, 0.2) is 0 Å². The summed E-state index contributed by atoms with van der Waals surface area (Å²) in [5.41, 5.74) is -0.113. The van der Waals surface area contributed by atoms with Crippen LogP contribution >= 0.6 is 15.9 Å². The Morgan fingerprint density at radius 1 is 1.21 bits per heavy atom. The second kappa shape index (κ2) is 8.14. The lowest BCUT2D eigenvalue weighted by Gasteiger charge is -2.19. The molecule has 3 aromatic rings. The second-order valence-electron chi connectivity index (χ2n) is 6.14. The van der Waals surface area contributed by atoms with E-state index < -0.39 is 29.8 Å². The maximum absolute atomic E-state index is 14.5. The molecule has 0 fully saturated rings. The van der Waals surface area contributed by atoms with Gasteiger partial charge >= 0.3 is 5.97 Å². The van der Waals surface area contributed by atoms with Crippen LogP contribution in [0.2, 0.25) is 0 Å². The van der Waals surface area contributed by atoms with Crippen molar-refractivity contribution >= 4 is 38.6 Å². The zero-order chi connectivity index (χ0) is 20.4. The zero-order valence-electron chi connectivity index (χ0n) is 14.6. The highest BCUT2D eigenvalue weighted by molar-refractivity contribution is 9.10. The van der Waals surface area contributed by atoms with Crippen LogP contribution in [0.3, 0.4) is 0 Å². The van der Waals surface area contributed by atoms with Crippen LogP contribution in [0, 0.1) is 5.82 Å². The van der Waals surface area contributed by atoms with Crippen LogP contribution in [0.4, 0.5) is 19.0 Å². The molecule has 0 radical (unpaired) electrons. The predicted molar refractivity (Wildman–Crippen MR) is 102 cm³/mol. The molecule has 146 valence electrons. The van der Waals surface area contributed by atoms with Crippen LogP contribution in [0.15, 0.2) is 40.9 Å². The van der Waals surface area contributed by atoms with E-state index in [1.54, 1.807) is 25.1 Å². The molecule has 5 nitrogen and oxygen atoms in total. The molecule has 0 aliphatic rings. The van der Waals surface area contributed by atoms with Crippen molar-refractivity contribution in [2.24, 2.45) is 0 Å². The van der Waals surface area contributed by atoms with Gasteiger partial charge < -0.3 is 10.4 Å². The van der Waals surface area contributed by atoms with Crippen LogP contribution < -0.4 is 5.32 Å². The van der Waals surface area contributed by atoms with Gasteiger partial charge in [0.2, 0.25) is 0 Å². The Kier molecular flexibility index (Phi) is 5.83. The first-order valence-corrected chi connectivity index (χ1v) is 9.06. The number of carboxylic acids is 1. The average molecular weight is 454 g/mol. The molecule has 1 heterocycles. The van der Waals surface area contributed by atoms with Crippen molar-refractivity contribution in [2.45, 2.75) is 25.8 Å². The smallest absolute Gasteiger partial charge is 0.311 e. The van der Waals surface area contributed by atoms with E-state index in [0.717, 1.165) is 10.5 Å². The fourth-order valence-corrected chi connectivity index (χ4v) is 3.19. The van der Waals surface area contributed by atoms with Crippen molar-refractivity contribution in [2.75, 3.05) is 5.32 Å². The Morgan fingerprint density at radius 2 is 1.93 bits per heavy atom. The number of halogens is 4. The third-order valence-corrected chi connectivity index (χ3v) is 4.62. The Morgan fingerprint density at radius 3 is 2.61 bits per heavy atom. The lowest BCUT2D eigenvalue weighted by molar-refractivity contribution is -0.136. The SMILES string of the molecule is CC(Nc1nc(CC(=O)O)nc2ccc(Br)cc12)c1cccc(C(F)F)c1F. The molecule has 0 aliphatic carbocycles. The Hall–Kier alpha value is -2.68. The van der Waals surface area contributed by atoms with Crippen LogP contribution in [-0.2, 0) is 11.2 Å². The number of aromatic nitrogens is 2. The number of fused-ring (bicyclic) bond motifs is 1. The first-order chi connectivity index (χ1) is 13.3. The number of aliphatic carboxylic acids is 1. The van der Waals surface area contributed by atoms with Gasteiger partial charge in [-0.1, -0.05) is 34.1 Å². The Bertz CT molecular complexity index is 1050. The lowest BCUT2D eigenvalue weighted by Crippen LogP contribution is -2.14. The summed E-state index contributed by atoms with van der Waals surface area (Å²) in [5, 5.41) is 12.6. The summed E-state index contributed by atoms with van der Waals surface area (Å²) in [4.78, 5) is 19.5. The molecule has 28 heavy (non-hydrogen) atoms. The molecule has 9 heteroatoms. The first-order valence-electron chi connectivity index (χ1n) is 8.27. The van der Waals surface area contributed by atoms with E-state index in [9.17, 15) is 18.0 Å². The van der Waals surface area contributed by atoms with Gasteiger partial charge in [-0.25, -0.2) is 23.1 Å². The third-order valence-electron chi connectivity index (χ3n) is 4.13. The zero-order valence-corrected chi connectivity index (χ0v) is 16.2. The number of carbonyl (C=O) groups is 1. The summed E-state index contributed by atoms with van der Waals surface area (Å²) in [7, 11) is 0. The summed E-state index contributed by atoms with van der Waals surface area (Å²) < 4.78 is 41.2. The summed E-state index contributed by atoms with van der Waals surface area (Å²) in [6.07, 6.45) is -3.31. The van der Waals surface area contributed by atoms with E-state index in [1.807, 2.05) is 0 Å². The minimum absolute atomic E-state index is 0.0549. The van der Waals surface area contributed by atoms with Gasteiger partial charge in [0.05, 0.1) is 17.1 Å². The van der Waals surface area contributed by atoms with E-state index in [2.05, 4.69) is 31.2 Å². The molecule has 0 amide bonds. The van der Waals surface area contributed by atoms with Crippen LogP contribution in [-0.4, -0.2) is 21.0 Å². The normalized spacial score (nSPS) is 12.4. The van der Waals surface area contributed by atoms with E-state index in [0.29, 0.717) is 10.9 Å². The first kappa shape index (κ1) is 20.1. The topological polar surface area (TPSA) is 75.1 Å². The summed E-state index contributed by atoms with van der Waals surface area (Å²) in [5.74, 6) is -1.70. The number of benzene rings is 2. The fraction of sp³-hybridized carbons (Fsp3) is 0.211. The van der Waals surface area contributed by atoms with E-state index in [-0.39, 0.29) is 23.6 Å². The highest BCUT2D eigenvalue weighted by atomic mass is 79.9. The minimum Gasteiger partial charge on any atom is -0.481 e. The third kappa shape index (κ3) is 4.24. The quantitative estimate of drug-likeness (QED) is 0.531. The predicted octanol–water partition coefficient (Wildman–Crippen LogP) is 5.27. The van der Waals surface area contributed by atoms with E-state index >= 15 is 0 Å².